The number of nitrogens with one attached hydrogen (secondary N) is 2. The van der Waals surface area contributed by atoms with Crippen molar-refractivity contribution in [1.82, 2.24) is 19.9 Å². The van der Waals surface area contributed by atoms with E-state index in [1.54, 1.807) is 26.4 Å². The Bertz CT molecular complexity index is 922. The average Bonchev–Trinajstić information content (AvgIpc) is 3.21. The highest BCUT2D eigenvalue weighted by atomic mass is 16.2. The van der Waals surface area contributed by atoms with Crippen molar-refractivity contribution in [2.75, 3.05) is 0 Å². The molecular weight excluding hydrogens is 328 g/mol. The maximum Gasteiger partial charge on any atom is 0.268 e. The lowest BCUT2D eigenvalue weighted by molar-refractivity contribution is 0.0945. The third-order valence-electron chi connectivity index (χ3n) is 4.42. The van der Waals surface area contributed by atoms with Gasteiger partial charge in [-0.1, -0.05) is 24.3 Å². The van der Waals surface area contributed by atoms with Crippen LogP contribution in [0.3, 0.4) is 0 Å². The SMILES string of the molecule is CC(=O)c1c(C)[nH]c(C(=O)NCc2ccc(Cn3ccnc3)cc2)c1C. The fourth-order valence-corrected chi connectivity index (χ4v) is 3.13. The number of benzene rings is 1. The van der Waals surface area contributed by atoms with E-state index < -0.39 is 0 Å². The quantitative estimate of drug-likeness (QED) is 0.671. The van der Waals surface area contributed by atoms with Gasteiger partial charge in [0.1, 0.15) is 5.69 Å². The Morgan fingerprint density at radius 2 is 1.85 bits per heavy atom. The van der Waals surface area contributed by atoms with Crippen LogP contribution in [0.25, 0.3) is 0 Å². The molecule has 26 heavy (non-hydrogen) atoms. The van der Waals surface area contributed by atoms with Gasteiger partial charge in [0.25, 0.3) is 5.91 Å². The van der Waals surface area contributed by atoms with Crippen molar-refractivity contribution in [3.05, 3.63) is 76.6 Å². The summed E-state index contributed by atoms with van der Waals surface area (Å²) in [6, 6.07) is 8.08. The molecule has 0 atom stereocenters. The predicted molar refractivity (Wildman–Crippen MR) is 99.2 cm³/mol. The standard InChI is InChI=1S/C20H22N4O2/c1-13-18(15(3)25)14(2)23-19(13)20(26)22-10-16-4-6-17(7-5-16)11-24-9-8-21-12-24/h4-9,12,23H,10-11H2,1-3H3,(H,22,26). The van der Waals surface area contributed by atoms with E-state index in [-0.39, 0.29) is 11.7 Å². The van der Waals surface area contributed by atoms with Gasteiger partial charge in [-0.05, 0) is 37.5 Å². The molecule has 2 aromatic heterocycles. The summed E-state index contributed by atoms with van der Waals surface area (Å²) in [6.45, 7) is 6.30. The lowest BCUT2D eigenvalue weighted by Gasteiger charge is -2.07. The van der Waals surface area contributed by atoms with Crippen LogP contribution in [0.15, 0.2) is 43.0 Å². The van der Waals surface area contributed by atoms with Crippen molar-refractivity contribution in [2.24, 2.45) is 0 Å². The molecular formula is C20H22N4O2. The molecule has 134 valence electrons. The van der Waals surface area contributed by atoms with E-state index in [0.29, 0.717) is 23.4 Å². The highest BCUT2D eigenvalue weighted by molar-refractivity contribution is 6.02. The summed E-state index contributed by atoms with van der Waals surface area (Å²) >= 11 is 0. The van der Waals surface area contributed by atoms with Crippen molar-refractivity contribution in [3.63, 3.8) is 0 Å². The Morgan fingerprint density at radius 1 is 1.15 bits per heavy atom. The molecule has 1 aromatic carbocycles. The van der Waals surface area contributed by atoms with E-state index in [2.05, 4.69) is 15.3 Å². The van der Waals surface area contributed by atoms with Gasteiger partial charge in [-0.2, -0.15) is 0 Å². The summed E-state index contributed by atoms with van der Waals surface area (Å²) in [5, 5.41) is 2.90. The van der Waals surface area contributed by atoms with Crippen molar-refractivity contribution in [2.45, 2.75) is 33.9 Å². The molecule has 0 aliphatic rings. The molecule has 0 unspecified atom stereocenters. The number of carbonyl (C=O) groups is 2. The molecule has 2 N–H and O–H groups in total. The van der Waals surface area contributed by atoms with Crippen LogP contribution in [-0.4, -0.2) is 26.2 Å². The molecule has 3 aromatic rings. The lowest BCUT2D eigenvalue weighted by Crippen LogP contribution is -2.24. The molecule has 0 radical (unpaired) electrons. The van der Waals surface area contributed by atoms with E-state index in [1.807, 2.05) is 35.0 Å². The van der Waals surface area contributed by atoms with Gasteiger partial charge in [-0.15, -0.1) is 0 Å². The minimum absolute atomic E-state index is 0.0382. The summed E-state index contributed by atoms with van der Waals surface area (Å²) in [4.78, 5) is 31.2. The topological polar surface area (TPSA) is 79.8 Å². The maximum absolute atomic E-state index is 12.4. The molecule has 6 nitrogen and oxygen atoms in total. The molecule has 0 saturated carbocycles. The zero-order valence-electron chi connectivity index (χ0n) is 15.2. The molecule has 6 heteroatoms. The third kappa shape index (κ3) is 3.74. The van der Waals surface area contributed by atoms with Crippen LogP contribution in [0.5, 0.6) is 0 Å². The van der Waals surface area contributed by atoms with Crippen molar-refractivity contribution < 1.29 is 9.59 Å². The Morgan fingerprint density at radius 3 is 2.42 bits per heavy atom. The molecule has 1 amide bonds. The Labute approximate surface area is 152 Å². The van der Waals surface area contributed by atoms with Crippen LogP contribution < -0.4 is 5.32 Å². The Balaban J connectivity index is 1.63. The summed E-state index contributed by atoms with van der Waals surface area (Å²) in [5.74, 6) is -0.246. The number of H-pyrrole nitrogens is 1. The van der Waals surface area contributed by atoms with Gasteiger partial charge >= 0.3 is 0 Å². The maximum atomic E-state index is 12.4. The van der Waals surface area contributed by atoms with Gasteiger partial charge in [0, 0.05) is 36.7 Å². The number of aromatic nitrogens is 3. The monoisotopic (exact) mass is 350 g/mol. The minimum atomic E-state index is -0.208. The zero-order valence-corrected chi connectivity index (χ0v) is 15.2. The first-order valence-electron chi connectivity index (χ1n) is 8.47. The fourth-order valence-electron chi connectivity index (χ4n) is 3.13. The normalized spacial score (nSPS) is 10.7. The van der Waals surface area contributed by atoms with Gasteiger partial charge in [-0.25, -0.2) is 4.98 Å². The predicted octanol–water partition coefficient (Wildman–Crippen LogP) is 3.01. The molecule has 0 aliphatic heterocycles. The second-order valence-corrected chi connectivity index (χ2v) is 6.42. The van der Waals surface area contributed by atoms with Crippen molar-refractivity contribution in [3.8, 4) is 0 Å². The van der Waals surface area contributed by atoms with Gasteiger partial charge in [0.05, 0.1) is 6.33 Å². The van der Waals surface area contributed by atoms with E-state index in [4.69, 9.17) is 0 Å². The first-order valence-corrected chi connectivity index (χ1v) is 8.47. The van der Waals surface area contributed by atoms with Gasteiger partial charge < -0.3 is 14.9 Å². The average molecular weight is 350 g/mol. The van der Waals surface area contributed by atoms with E-state index in [0.717, 1.165) is 17.8 Å². The van der Waals surface area contributed by atoms with Gasteiger partial charge in [0.15, 0.2) is 5.78 Å². The molecule has 0 spiro atoms. The number of Topliss-reactive ketones (excluding diaryl/α,β-unsaturated/α-hetero) is 1. The number of aromatic amines is 1. The number of amides is 1. The van der Waals surface area contributed by atoms with Crippen LogP contribution in [0.4, 0.5) is 0 Å². The molecule has 0 aliphatic carbocycles. The van der Waals surface area contributed by atoms with Crippen LogP contribution in [0, 0.1) is 13.8 Å². The summed E-state index contributed by atoms with van der Waals surface area (Å²) < 4.78 is 2.00. The molecule has 0 fully saturated rings. The molecule has 0 saturated heterocycles. The third-order valence-corrected chi connectivity index (χ3v) is 4.42. The number of carbonyl (C=O) groups excluding carboxylic acids is 2. The second kappa shape index (κ2) is 7.39. The van der Waals surface area contributed by atoms with Gasteiger partial charge in [-0.3, -0.25) is 9.59 Å². The molecule has 3 rings (SSSR count). The van der Waals surface area contributed by atoms with Crippen LogP contribution in [-0.2, 0) is 13.1 Å². The van der Waals surface area contributed by atoms with Crippen LogP contribution in [0.1, 0.15) is 50.2 Å². The zero-order chi connectivity index (χ0) is 18.7. The van der Waals surface area contributed by atoms with Crippen LogP contribution >= 0.6 is 0 Å². The number of rotatable bonds is 6. The highest BCUT2D eigenvalue weighted by Gasteiger charge is 2.19. The number of nitrogens with zero attached hydrogens (tertiary/aromatic N) is 2. The second-order valence-electron chi connectivity index (χ2n) is 6.42. The van der Waals surface area contributed by atoms with E-state index in [9.17, 15) is 9.59 Å². The molecule has 2 heterocycles. The first-order chi connectivity index (χ1) is 12.5. The van der Waals surface area contributed by atoms with E-state index in [1.165, 1.54) is 12.5 Å². The minimum Gasteiger partial charge on any atom is -0.354 e. The summed E-state index contributed by atoms with van der Waals surface area (Å²) in [5.41, 5.74) is 4.65. The number of aryl methyl sites for hydroxylation is 1. The lowest BCUT2D eigenvalue weighted by atomic mass is 10.1. The summed E-state index contributed by atoms with van der Waals surface area (Å²) in [7, 11) is 0. The smallest absolute Gasteiger partial charge is 0.268 e. The summed E-state index contributed by atoms with van der Waals surface area (Å²) in [6.07, 6.45) is 5.46. The number of ketones is 1. The largest absolute Gasteiger partial charge is 0.354 e. The first kappa shape index (κ1) is 17.7. The molecule has 0 bridgehead atoms. The Hall–Kier alpha value is -3.15. The van der Waals surface area contributed by atoms with Gasteiger partial charge in [0.2, 0.25) is 0 Å². The number of hydrogen-bond donors (Lipinski definition) is 2. The van der Waals surface area contributed by atoms with Crippen LogP contribution in [0.2, 0.25) is 0 Å². The van der Waals surface area contributed by atoms with E-state index >= 15 is 0 Å². The fraction of sp³-hybridized carbons (Fsp3) is 0.250. The number of imidazole rings is 1. The number of hydrogen-bond acceptors (Lipinski definition) is 3. The Kier molecular flexibility index (Phi) is 5.02. The highest BCUT2D eigenvalue weighted by Crippen LogP contribution is 2.18. The van der Waals surface area contributed by atoms with Crippen molar-refractivity contribution >= 4 is 11.7 Å². The van der Waals surface area contributed by atoms with Crippen molar-refractivity contribution in [1.29, 1.82) is 0 Å².